The molecule has 1 heterocycles. The Morgan fingerprint density at radius 1 is 1.07 bits per heavy atom. The number of anilines is 2. The van der Waals surface area contributed by atoms with Crippen LogP contribution in [0.4, 0.5) is 11.4 Å². The molecule has 0 unspecified atom stereocenters. The second-order valence-electron chi connectivity index (χ2n) is 7.31. The molecule has 0 bridgehead atoms. The minimum Gasteiger partial charge on any atom is -0.368 e. The van der Waals surface area contributed by atoms with Crippen molar-refractivity contribution in [2.24, 2.45) is 0 Å². The monoisotopic (exact) mass is 435 g/mol. The van der Waals surface area contributed by atoms with Crippen molar-refractivity contribution >= 4 is 38.9 Å². The van der Waals surface area contributed by atoms with Crippen molar-refractivity contribution in [1.82, 2.24) is 4.90 Å². The standard InChI is InChI=1S/C21H26ClN3O3S/c1-16-9-10-18(22)15-20(16)25(29(3,27)28)17(2)21(26)24-13-11-23(12-14-24)19-7-5-4-6-8-19/h4-10,15,17H,11-14H2,1-3H3/t17-/m1/s1. The fourth-order valence-electron chi connectivity index (χ4n) is 3.68. The molecule has 0 aliphatic carbocycles. The second kappa shape index (κ2) is 8.63. The molecule has 1 atom stereocenters. The van der Waals surface area contributed by atoms with Crippen molar-refractivity contribution in [2.75, 3.05) is 41.6 Å². The van der Waals surface area contributed by atoms with Crippen LogP contribution in [0.15, 0.2) is 48.5 Å². The normalized spacial score (nSPS) is 15.9. The van der Waals surface area contributed by atoms with Gasteiger partial charge in [0.2, 0.25) is 15.9 Å². The molecule has 1 aliphatic heterocycles. The third-order valence-corrected chi connectivity index (χ3v) is 6.65. The number of benzene rings is 2. The molecule has 1 fully saturated rings. The molecule has 1 amide bonds. The maximum absolute atomic E-state index is 13.2. The number of hydrogen-bond donors (Lipinski definition) is 0. The molecule has 6 nitrogen and oxygen atoms in total. The topological polar surface area (TPSA) is 60.9 Å². The maximum atomic E-state index is 13.2. The summed E-state index contributed by atoms with van der Waals surface area (Å²) in [6.45, 7) is 5.94. The zero-order valence-corrected chi connectivity index (χ0v) is 18.4. The number of amides is 1. The van der Waals surface area contributed by atoms with E-state index in [-0.39, 0.29) is 5.91 Å². The van der Waals surface area contributed by atoms with Gasteiger partial charge in [-0.05, 0) is 43.7 Å². The van der Waals surface area contributed by atoms with Gasteiger partial charge in [0.1, 0.15) is 6.04 Å². The van der Waals surface area contributed by atoms with Crippen LogP contribution in [0.2, 0.25) is 5.02 Å². The summed E-state index contributed by atoms with van der Waals surface area (Å²) in [6, 6.07) is 14.3. The summed E-state index contributed by atoms with van der Waals surface area (Å²) < 4.78 is 26.3. The maximum Gasteiger partial charge on any atom is 0.246 e. The van der Waals surface area contributed by atoms with Crippen molar-refractivity contribution in [3.8, 4) is 0 Å². The molecular weight excluding hydrogens is 410 g/mol. The van der Waals surface area contributed by atoms with Crippen LogP contribution in [0.3, 0.4) is 0 Å². The van der Waals surface area contributed by atoms with Gasteiger partial charge in [-0.15, -0.1) is 0 Å². The largest absolute Gasteiger partial charge is 0.368 e. The van der Waals surface area contributed by atoms with Gasteiger partial charge in [0.15, 0.2) is 0 Å². The van der Waals surface area contributed by atoms with Crippen LogP contribution in [0.1, 0.15) is 12.5 Å². The Kier molecular flexibility index (Phi) is 6.39. The first-order chi connectivity index (χ1) is 13.7. The molecule has 0 spiro atoms. The molecule has 29 heavy (non-hydrogen) atoms. The van der Waals surface area contributed by atoms with Gasteiger partial charge in [0.05, 0.1) is 11.9 Å². The van der Waals surface area contributed by atoms with Gasteiger partial charge in [0, 0.05) is 36.9 Å². The molecule has 1 aliphatic rings. The van der Waals surface area contributed by atoms with E-state index in [1.54, 1.807) is 36.9 Å². The zero-order valence-electron chi connectivity index (χ0n) is 16.9. The summed E-state index contributed by atoms with van der Waals surface area (Å²) in [6.07, 6.45) is 1.12. The quantitative estimate of drug-likeness (QED) is 0.723. The summed E-state index contributed by atoms with van der Waals surface area (Å²) in [7, 11) is -3.68. The van der Waals surface area contributed by atoms with Crippen LogP contribution in [0.25, 0.3) is 0 Å². The number of sulfonamides is 1. The molecule has 156 valence electrons. The molecule has 2 aromatic carbocycles. The van der Waals surface area contributed by atoms with Gasteiger partial charge in [-0.2, -0.15) is 0 Å². The van der Waals surface area contributed by atoms with Crippen LogP contribution in [0, 0.1) is 6.92 Å². The number of carbonyl (C=O) groups excluding carboxylic acids is 1. The number of piperazine rings is 1. The van der Waals surface area contributed by atoms with E-state index in [0.29, 0.717) is 36.9 Å². The van der Waals surface area contributed by atoms with E-state index in [2.05, 4.69) is 4.90 Å². The Hall–Kier alpha value is -2.25. The van der Waals surface area contributed by atoms with Gasteiger partial charge in [-0.3, -0.25) is 9.10 Å². The summed E-state index contributed by atoms with van der Waals surface area (Å²) in [5.74, 6) is -0.206. The van der Waals surface area contributed by atoms with Crippen LogP contribution in [-0.2, 0) is 14.8 Å². The number of hydrogen-bond acceptors (Lipinski definition) is 4. The van der Waals surface area contributed by atoms with Gasteiger partial charge in [-0.25, -0.2) is 8.42 Å². The predicted octanol–water partition coefficient (Wildman–Crippen LogP) is 3.15. The fraction of sp³-hybridized carbons (Fsp3) is 0.381. The molecule has 0 aromatic heterocycles. The average molecular weight is 436 g/mol. The van der Waals surface area contributed by atoms with E-state index in [1.165, 1.54) is 4.31 Å². The van der Waals surface area contributed by atoms with Crippen LogP contribution < -0.4 is 9.21 Å². The van der Waals surface area contributed by atoms with E-state index in [0.717, 1.165) is 17.5 Å². The van der Waals surface area contributed by atoms with Crippen molar-refractivity contribution < 1.29 is 13.2 Å². The highest BCUT2D eigenvalue weighted by atomic mass is 35.5. The Morgan fingerprint density at radius 3 is 2.28 bits per heavy atom. The third kappa shape index (κ3) is 4.85. The van der Waals surface area contributed by atoms with Gasteiger partial charge >= 0.3 is 0 Å². The summed E-state index contributed by atoms with van der Waals surface area (Å²) in [4.78, 5) is 17.1. The Morgan fingerprint density at radius 2 is 1.69 bits per heavy atom. The van der Waals surface area contributed by atoms with Crippen molar-refractivity contribution in [3.63, 3.8) is 0 Å². The van der Waals surface area contributed by atoms with Crippen LogP contribution >= 0.6 is 11.6 Å². The Balaban J connectivity index is 1.78. The number of aryl methyl sites for hydroxylation is 1. The average Bonchev–Trinajstić information content (AvgIpc) is 2.70. The molecule has 3 rings (SSSR count). The van der Waals surface area contributed by atoms with Crippen molar-refractivity contribution in [2.45, 2.75) is 19.9 Å². The lowest BCUT2D eigenvalue weighted by atomic mass is 10.1. The minimum atomic E-state index is -3.68. The highest BCUT2D eigenvalue weighted by Gasteiger charge is 2.34. The highest BCUT2D eigenvalue weighted by molar-refractivity contribution is 7.92. The molecule has 0 saturated carbocycles. The first-order valence-corrected chi connectivity index (χ1v) is 11.8. The zero-order chi connectivity index (χ0) is 21.2. The van der Waals surface area contributed by atoms with Gasteiger partial charge < -0.3 is 9.80 Å². The van der Waals surface area contributed by atoms with E-state index in [4.69, 9.17) is 11.6 Å². The lowest BCUT2D eigenvalue weighted by molar-refractivity contribution is -0.132. The van der Waals surface area contributed by atoms with Crippen LogP contribution in [0.5, 0.6) is 0 Å². The summed E-state index contributed by atoms with van der Waals surface area (Å²) in [5, 5.41) is 0.426. The number of carbonyl (C=O) groups is 1. The third-order valence-electron chi connectivity index (χ3n) is 5.19. The molecule has 2 aromatic rings. The van der Waals surface area contributed by atoms with E-state index in [9.17, 15) is 13.2 Å². The van der Waals surface area contributed by atoms with E-state index in [1.807, 2.05) is 30.3 Å². The molecule has 1 saturated heterocycles. The lowest BCUT2D eigenvalue weighted by Gasteiger charge is -2.39. The molecular formula is C21H26ClN3O3S. The van der Waals surface area contributed by atoms with Crippen LogP contribution in [-0.4, -0.2) is 57.7 Å². The SMILES string of the molecule is Cc1ccc(Cl)cc1N([C@H](C)C(=O)N1CCN(c2ccccc2)CC1)S(C)(=O)=O. The number of halogens is 1. The predicted molar refractivity (Wildman–Crippen MR) is 118 cm³/mol. The van der Waals surface area contributed by atoms with E-state index < -0.39 is 16.1 Å². The highest BCUT2D eigenvalue weighted by Crippen LogP contribution is 2.29. The summed E-state index contributed by atoms with van der Waals surface area (Å²) in [5.41, 5.74) is 2.30. The lowest BCUT2D eigenvalue weighted by Crippen LogP contribution is -2.55. The second-order valence-corrected chi connectivity index (χ2v) is 9.61. The smallest absolute Gasteiger partial charge is 0.246 e. The van der Waals surface area contributed by atoms with Crippen molar-refractivity contribution in [3.05, 3.63) is 59.1 Å². The van der Waals surface area contributed by atoms with Crippen molar-refractivity contribution in [1.29, 1.82) is 0 Å². The fourth-order valence-corrected chi connectivity index (χ4v) is 5.07. The number of nitrogens with zero attached hydrogens (tertiary/aromatic N) is 3. The van der Waals surface area contributed by atoms with E-state index >= 15 is 0 Å². The van der Waals surface area contributed by atoms with Gasteiger partial charge in [-0.1, -0.05) is 35.9 Å². The summed E-state index contributed by atoms with van der Waals surface area (Å²) >= 11 is 6.10. The Bertz CT molecular complexity index is 974. The molecule has 0 N–H and O–H groups in total. The first kappa shape index (κ1) is 21.5. The Labute approximate surface area is 177 Å². The number of para-hydroxylation sites is 1. The van der Waals surface area contributed by atoms with Gasteiger partial charge in [0.25, 0.3) is 0 Å². The molecule has 0 radical (unpaired) electrons. The minimum absolute atomic E-state index is 0.206. The molecule has 8 heteroatoms. The first-order valence-electron chi connectivity index (χ1n) is 9.53. The number of rotatable bonds is 5.